The van der Waals surface area contributed by atoms with E-state index < -0.39 is 0 Å². The van der Waals surface area contributed by atoms with Gasteiger partial charge >= 0.3 is 0 Å². The van der Waals surface area contributed by atoms with Gasteiger partial charge in [0.2, 0.25) is 0 Å². The normalized spacial score (nSPS) is 18.0. The van der Waals surface area contributed by atoms with Gasteiger partial charge in [-0.3, -0.25) is 4.90 Å². The van der Waals surface area contributed by atoms with Crippen LogP contribution in [0, 0.1) is 0 Å². The number of rotatable bonds is 6. The molecule has 1 saturated heterocycles. The van der Waals surface area contributed by atoms with Crippen LogP contribution in [0.15, 0.2) is 60.7 Å². The van der Waals surface area contributed by atoms with Crippen LogP contribution in [-0.4, -0.2) is 42.5 Å². The van der Waals surface area contributed by atoms with E-state index in [1.807, 2.05) is 6.07 Å². The Hall–Kier alpha value is -1.35. The highest BCUT2D eigenvalue weighted by Crippen LogP contribution is 2.24. The van der Waals surface area contributed by atoms with Crippen LogP contribution in [0.3, 0.4) is 0 Å². The minimum atomic E-state index is 0.124. The van der Waals surface area contributed by atoms with Crippen molar-refractivity contribution in [2.75, 3.05) is 32.7 Å². The van der Waals surface area contributed by atoms with Crippen molar-refractivity contribution in [3.05, 3.63) is 71.8 Å². The second kappa shape index (κ2) is 8.49. The van der Waals surface area contributed by atoms with Gasteiger partial charge in [-0.25, -0.2) is 0 Å². The van der Waals surface area contributed by atoms with Gasteiger partial charge in [-0.1, -0.05) is 60.7 Å². The number of halogens is 1. The lowest BCUT2D eigenvalue weighted by Gasteiger charge is -2.35. The largest absolute Gasteiger partial charge is 0.301 e. The number of nitrogens with zero attached hydrogens (tertiary/aromatic N) is 2. The Morgan fingerprint density at radius 3 is 2.00 bits per heavy atom. The molecule has 2 aromatic rings. The first-order valence-corrected chi connectivity index (χ1v) is 8.92. The highest BCUT2D eigenvalue weighted by molar-refractivity contribution is 6.20. The maximum absolute atomic E-state index is 6.52. The predicted octanol–water partition coefficient (Wildman–Crippen LogP) is 4.17. The molecule has 122 valence electrons. The molecule has 0 amide bonds. The molecule has 0 radical (unpaired) electrons. The van der Waals surface area contributed by atoms with E-state index >= 15 is 0 Å². The Morgan fingerprint density at radius 2 is 1.35 bits per heavy atom. The Balaban J connectivity index is 1.39. The quantitative estimate of drug-likeness (QED) is 0.734. The summed E-state index contributed by atoms with van der Waals surface area (Å²) >= 11 is 6.52. The SMILES string of the molecule is Cl[C@H](CCN1CCN(Cc2ccccc2)CC1)c1ccccc1. The first-order chi connectivity index (χ1) is 11.3. The number of hydrogen-bond donors (Lipinski definition) is 0. The van der Waals surface area contributed by atoms with Crippen molar-refractivity contribution in [1.82, 2.24) is 9.80 Å². The number of hydrogen-bond acceptors (Lipinski definition) is 2. The van der Waals surface area contributed by atoms with Crippen LogP contribution >= 0.6 is 11.6 Å². The summed E-state index contributed by atoms with van der Waals surface area (Å²) in [6, 6.07) is 21.2. The van der Waals surface area contributed by atoms with Crippen molar-refractivity contribution in [1.29, 1.82) is 0 Å². The van der Waals surface area contributed by atoms with Gasteiger partial charge in [-0.2, -0.15) is 0 Å². The zero-order chi connectivity index (χ0) is 15.9. The molecule has 1 aliphatic rings. The van der Waals surface area contributed by atoms with Crippen molar-refractivity contribution in [3.8, 4) is 0 Å². The first-order valence-electron chi connectivity index (χ1n) is 8.49. The molecule has 1 heterocycles. The Morgan fingerprint density at radius 1 is 0.783 bits per heavy atom. The van der Waals surface area contributed by atoms with E-state index in [9.17, 15) is 0 Å². The number of piperazine rings is 1. The second-order valence-electron chi connectivity index (χ2n) is 6.27. The molecule has 0 saturated carbocycles. The van der Waals surface area contributed by atoms with Crippen LogP contribution in [0.4, 0.5) is 0 Å². The maximum Gasteiger partial charge on any atom is 0.0597 e. The molecular weight excluding hydrogens is 304 g/mol. The van der Waals surface area contributed by atoms with Crippen LogP contribution in [0.1, 0.15) is 22.9 Å². The molecule has 0 aliphatic carbocycles. The first kappa shape index (κ1) is 16.5. The third kappa shape index (κ3) is 5.07. The van der Waals surface area contributed by atoms with Crippen LogP contribution < -0.4 is 0 Å². The van der Waals surface area contributed by atoms with E-state index in [1.54, 1.807) is 0 Å². The predicted molar refractivity (Wildman–Crippen MR) is 97.8 cm³/mol. The molecule has 23 heavy (non-hydrogen) atoms. The fraction of sp³-hybridized carbons (Fsp3) is 0.400. The molecule has 1 fully saturated rings. The molecule has 0 bridgehead atoms. The van der Waals surface area contributed by atoms with Crippen LogP contribution in [0.5, 0.6) is 0 Å². The second-order valence-corrected chi connectivity index (χ2v) is 6.80. The van der Waals surface area contributed by atoms with E-state index in [4.69, 9.17) is 11.6 Å². The lowest BCUT2D eigenvalue weighted by atomic mass is 10.1. The topological polar surface area (TPSA) is 6.48 Å². The van der Waals surface area contributed by atoms with Gasteiger partial charge in [0, 0.05) is 32.7 Å². The minimum absolute atomic E-state index is 0.124. The van der Waals surface area contributed by atoms with Gasteiger partial charge in [0.05, 0.1) is 5.38 Å². The number of alkyl halides is 1. The minimum Gasteiger partial charge on any atom is -0.301 e. The molecule has 3 rings (SSSR count). The van der Waals surface area contributed by atoms with Crippen molar-refractivity contribution < 1.29 is 0 Å². The van der Waals surface area contributed by atoms with Gasteiger partial charge in [0.15, 0.2) is 0 Å². The molecule has 3 heteroatoms. The Labute approximate surface area is 144 Å². The third-order valence-corrected chi connectivity index (χ3v) is 5.04. The summed E-state index contributed by atoms with van der Waals surface area (Å²) in [5.74, 6) is 0. The van der Waals surface area contributed by atoms with Crippen LogP contribution in [0.2, 0.25) is 0 Å². The zero-order valence-corrected chi connectivity index (χ0v) is 14.3. The molecule has 0 N–H and O–H groups in total. The van der Waals surface area contributed by atoms with Crippen molar-refractivity contribution in [2.24, 2.45) is 0 Å². The lowest BCUT2D eigenvalue weighted by molar-refractivity contribution is 0.126. The van der Waals surface area contributed by atoms with Gasteiger partial charge in [-0.15, -0.1) is 11.6 Å². The van der Waals surface area contributed by atoms with E-state index in [0.717, 1.165) is 45.7 Å². The van der Waals surface area contributed by atoms with Gasteiger partial charge in [0.25, 0.3) is 0 Å². The third-order valence-electron chi connectivity index (χ3n) is 4.57. The summed E-state index contributed by atoms with van der Waals surface area (Å²) in [7, 11) is 0. The summed E-state index contributed by atoms with van der Waals surface area (Å²) in [4.78, 5) is 5.08. The molecular formula is C20H25ClN2. The molecule has 1 atom stereocenters. The Bertz CT molecular complexity index is 565. The zero-order valence-electron chi connectivity index (χ0n) is 13.6. The van der Waals surface area contributed by atoms with Gasteiger partial charge in [-0.05, 0) is 24.1 Å². The summed E-state index contributed by atoms with van der Waals surface area (Å²) in [5, 5.41) is 0.124. The van der Waals surface area contributed by atoms with Crippen molar-refractivity contribution in [2.45, 2.75) is 18.3 Å². The van der Waals surface area contributed by atoms with Crippen LogP contribution in [0.25, 0.3) is 0 Å². The molecule has 2 aromatic carbocycles. The summed E-state index contributed by atoms with van der Waals surface area (Å²) in [5.41, 5.74) is 2.64. The molecule has 1 aliphatic heterocycles. The smallest absolute Gasteiger partial charge is 0.0597 e. The van der Waals surface area contributed by atoms with Crippen LogP contribution in [-0.2, 0) is 6.54 Å². The van der Waals surface area contributed by atoms with Gasteiger partial charge < -0.3 is 4.90 Å². The molecule has 2 nitrogen and oxygen atoms in total. The molecule has 0 unspecified atom stereocenters. The average Bonchev–Trinajstić information content (AvgIpc) is 2.62. The summed E-state index contributed by atoms with van der Waals surface area (Å²) in [6.45, 7) is 6.73. The lowest BCUT2D eigenvalue weighted by Crippen LogP contribution is -2.46. The van der Waals surface area contributed by atoms with Crippen molar-refractivity contribution >= 4 is 11.6 Å². The average molecular weight is 329 g/mol. The number of benzene rings is 2. The molecule has 0 aromatic heterocycles. The fourth-order valence-electron chi connectivity index (χ4n) is 3.14. The highest BCUT2D eigenvalue weighted by Gasteiger charge is 2.18. The summed E-state index contributed by atoms with van der Waals surface area (Å²) in [6.07, 6.45) is 1.02. The highest BCUT2D eigenvalue weighted by atomic mass is 35.5. The van der Waals surface area contributed by atoms with Crippen molar-refractivity contribution in [3.63, 3.8) is 0 Å². The summed E-state index contributed by atoms with van der Waals surface area (Å²) < 4.78 is 0. The maximum atomic E-state index is 6.52. The van der Waals surface area contributed by atoms with E-state index in [1.165, 1.54) is 11.1 Å². The van der Waals surface area contributed by atoms with Gasteiger partial charge in [0.1, 0.15) is 0 Å². The van der Waals surface area contributed by atoms with E-state index in [-0.39, 0.29) is 5.38 Å². The fourth-order valence-corrected chi connectivity index (χ4v) is 3.38. The standard InChI is InChI=1S/C20H25ClN2/c21-20(19-9-5-2-6-10-19)11-12-22-13-15-23(16-14-22)17-18-7-3-1-4-8-18/h1-10,20H,11-17H2/t20-/m1/s1. The Kier molecular flexibility index (Phi) is 6.09. The van der Waals surface area contributed by atoms with E-state index in [2.05, 4.69) is 64.4 Å². The monoisotopic (exact) mass is 328 g/mol. The van der Waals surface area contributed by atoms with E-state index in [0.29, 0.717) is 0 Å². The molecule has 0 spiro atoms.